The molecule has 0 saturated carbocycles. The summed E-state index contributed by atoms with van der Waals surface area (Å²) >= 11 is 0. The molecule has 26 heavy (non-hydrogen) atoms. The van der Waals surface area contributed by atoms with E-state index in [2.05, 4.69) is 31.2 Å². The van der Waals surface area contributed by atoms with Crippen molar-refractivity contribution in [1.29, 1.82) is 0 Å². The number of carbonyl (C=O) groups is 2. The Morgan fingerprint density at radius 3 is 2.69 bits per heavy atom. The van der Waals surface area contributed by atoms with Crippen LogP contribution in [0.1, 0.15) is 43.1 Å². The van der Waals surface area contributed by atoms with Crippen LogP contribution in [0, 0.1) is 5.41 Å². The Balaban J connectivity index is 1.56. The second-order valence-electron chi connectivity index (χ2n) is 8.12. The number of nitrogens with zero attached hydrogens (tertiary/aromatic N) is 3. The van der Waals surface area contributed by atoms with E-state index in [9.17, 15) is 9.59 Å². The summed E-state index contributed by atoms with van der Waals surface area (Å²) in [5, 5.41) is 7.23. The third-order valence-corrected chi connectivity index (χ3v) is 4.30. The minimum atomic E-state index is -0.181. The summed E-state index contributed by atoms with van der Waals surface area (Å²) in [6, 6.07) is 9.83. The predicted molar refractivity (Wildman–Crippen MR) is 99.7 cm³/mol. The zero-order valence-electron chi connectivity index (χ0n) is 15.6. The van der Waals surface area contributed by atoms with E-state index in [1.807, 2.05) is 35.2 Å². The second-order valence-corrected chi connectivity index (χ2v) is 8.12. The van der Waals surface area contributed by atoms with Gasteiger partial charge in [0.2, 0.25) is 5.91 Å². The lowest BCUT2D eigenvalue weighted by molar-refractivity contribution is -0.128. The first-order valence-electron chi connectivity index (χ1n) is 8.95. The highest BCUT2D eigenvalue weighted by atomic mass is 16.2. The molecule has 2 heterocycles. The van der Waals surface area contributed by atoms with Gasteiger partial charge in [0, 0.05) is 25.7 Å². The van der Waals surface area contributed by atoms with Crippen LogP contribution in [-0.4, -0.2) is 45.6 Å². The number of hydrogen-bond acceptors (Lipinski definition) is 3. The molecule has 1 N–H and O–H groups in total. The monoisotopic (exact) mass is 354 g/mol. The molecule has 1 aromatic heterocycles. The quantitative estimate of drug-likeness (QED) is 0.896. The first-order valence-corrected chi connectivity index (χ1v) is 8.95. The molecular formula is C20H26N4O2. The third kappa shape index (κ3) is 4.71. The topological polar surface area (TPSA) is 67.2 Å². The standard InChI is InChI=1S/C20H26N4O2/c1-20(2,3)14-23-13-17(9-18(23)25)22-19(26)16-10-21-24(12-16)11-15-7-5-4-6-8-15/h4-8,10,12,17H,9,11,13-14H2,1-3H3,(H,22,26)/t17-/m1/s1. The number of likely N-dealkylation sites (tertiary alicyclic amines) is 1. The summed E-state index contributed by atoms with van der Waals surface area (Å²) in [4.78, 5) is 26.5. The summed E-state index contributed by atoms with van der Waals surface area (Å²) in [6.45, 7) is 8.20. The normalized spacial score (nSPS) is 17.6. The van der Waals surface area contributed by atoms with Crippen LogP contribution in [0.15, 0.2) is 42.7 Å². The molecule has 6 nitrogen and oxygen atoms in total. The van der Waals surface area contributed by atoms with Gasteiger partial charge in [0.1, 0.15) is 0 Å². The lowest BCUT2D eigenvalue weighted by Crippen LogP contribution is -2.39. The number of nitrogens with one attached hydrogen (secondary N) is 1. The van der Waals surface area contributed by atoms with Crippen molar-refractivity contribution in [2.24, 2.45) is 5.41 Å². The zero-order valence-corrected chi connectivity index (χ0v) is 15.6. The molecule has 1 aliphatic heterocycles. The van der Waals surface area contributed by atoms with E-state index in [1.165, 1.54) is 0 Å². The van der Waals surface area contributed by atoms with Crippen molar-refractivity contribution >= 4 is 11.8 Å². The molecule has 0 spiro atoms. The molecule has 138 valence electrons. The summed E-state index contributed by atoms with van der Waals surface area (Å²) in [5.74, 6) is -0.0790. The van der Waals surface area contributed by atoms with Crippen LogP contribution in [0.4, 0.5) is 0 Å². The Kier molecular flexibility index (Phi) is 5.11. The van der Waals surface area contributed by atoms with Crippen LogP contribution in [0.2, 0.25) is 0 Å². The van der Waals surface area contributed by atoms with Crippen molar-refractivity contribution in [3.05, 3.63) is 53.9 Å². The minimum absolute atomic E-state index is 0.0487. The van der Waals surface area contributed by atoms with Crippen molar-refractivity contribution in [2.45, 2.75) is 39.8 Å². The van der Waals surface area contributed by atoms with Crippen molar-refractivity contribution in [3.63, 3.8) is 0 Å². The van der Waals surface area contributed by atoms with E-state index in [4.69, 9.17) is 0 Å². The molecule has 1 saturated heterocycles. The fourth-order valence-electron chi connectivity index (χ4n) is 3.20. The van der Waals surface area contributed by atoms with Gasteiger partial charge in [-0.3, -0.25) is 14.3 Å². The number of carbonyl (C=O) groups excluding carboxylic acids is 2. The molecule has 0 unspecified atom stereocenters. The maximum Gasteiger partial charge on any atom is 0.254 e. The highest BCUT2D eigenvalue weighted by molar-refractivity contribution is 5.94. The van der Waals surface area contributed by atoms with E-state index in [1.54, 1.807) is 17.1 Å². The van der Waals surface area contributed by atoms with Crippen LogP contribution in [0.25, 0.3) is 0 Å². The molecule has 1 atom stereocenters. The Morgan fingerprint density at radius 1 is 1.27 bits per heavy atom. The summed E-state index contributed by atoms with van der Waals surface area (Å²) in [6.07, 6.45) is 3.67. The first kappa shape index (κ1) is 18.2. The van der Waals surface area contributed by atoms with Crippen molar-refractivity contribution in [2.75, 3.05) is 13.1 Å². The number of rotatable bonds is 5. The van der Waals surface area contributed by atoms with E-state index in [0.29, 0.717) is 31.6 Å². The maximum atomic E-state index is 12.5. The largest absolute Gasteiger partial charge is 0.347 e. The molecule has 0 bridgehead atoms. The number of amides is 2. The van der Waals surface area contributed by atoms with Gasteiger partial charge in [-0.05, 0) is 11.0 Å². The zero-order chi connectivity index (χ0) is 18.7. The fraction of sp³-hybridized carbons (Fsp3) is 0.450. The van der Waals surface area contributed by atoms with Crippen molar-refractivity contribution in [1.82, 2.24) is 20.0 Å². The van der Waals surface area contributed by atoms with Gasteiger partial charge >= 0.3 is 0 Å². The highest BCUT2D eigenvalue weighted by Gasteiger charge is 2.33. The molecule has 1 fully saturated rings. The van der Waals surface area contributed by atoms with Crippen LogP contribution in [0.5, 0.6) is 0 Å². The van der Waals surface area contributed by atoms with E-state index >= 15 is 0 Å². The summed E-state index contributed by atoms with van der Waals surface area (Å²) < 4.78 is 1.75. The molecule has 2 aromatic rings. The SMILES string of the molecule is CC(C)(C)CN1C[C@H](NC(=O)c2cnn(Cc3ccccc3)c2)CC1=O. The highest BCUT2D eigenvalue weighted by Crippen LogP contribution is 2.20. The number of aromatic nitrogens is 2. The van der Waals surface area contributed by atoms with Gasteiger partial charge in [-0.15, -0.1) is 0 Å². The summed E-state index contributed by atoms with van der Waals surface area (Å²) in [7, 11) is 0. The number of hydrogen-bond donors (Lipinski definition) is 1. The molecule has 6 heteroatoms. The van der Waals surface area contributed by atoms with Gasteiger partial charge in [-0.2, -0.15) is 5.10 Å². The van der Waals surface area contributed by atoms with Crippen LogP contribution < -0.4 is 5.32 Å². The van der Waals surface area contributed by atoms with Crippen LogP contribution in [-0.2, 0) is 11.3 Å². The van der Waals surface area contributed by atoms with E-state index in [-0.39, 0.29) is 23.3 Å². The third-order valence-electron chi connectivity index (χ3n) is 4.30. The Hall–Kier alpha value is -2.63. The fourth-order valence-corrected chi connectivity index (χ4v) is 3.20. The van der Waals surface area contributed by atoms with Gasteiger partial charge in [0.25, 0.3) is 5.91 Å². The average molecular weight is 354 g/mol. The molecule has 1 aromatic carbocycles. The number of benzene rings is 1. The van der Waals surface area contributed by atoms with E-state index in [0.717, 1.165) is 5.56 Å². The van der Waals surface area contributed by atoms with Crippen molar-refractivity contribution < 1.29 is 9.59 Å². The average Bonchev–Trinajstić information content (AvgIpc) is 3.14. The van der Waals surface area contributed by atoms with Gasteiger partial charge in [-0.1, -0.05) is 51.1 Å². The Labute approximate surface area is 154 Å². The van der Waals surface area contributed by atoms with Crippen LogP contribution in [0.3, 0.4) is 0 Å². The van der Waals surface area contributed by atoms with Crippen molar-refractivity contribution in [3.8, 4) is 0 Å². The van der Waals surface area contributed by atoms with Gasteiger partial charge in [0.15, 0.2) is 0 Å². The first-order chi connectivity index (χ1) is 12.3. The second kappa shape index (κ2) is 7.32. The molecular weight excluding hydrogens is 328 g/mol. The van der Waals surface area contributed by atoms with Gasteiger partial charge in [0.05, 0.1) is 24.3 Å². The molecule has 0 radical (unpaired) electrons. The van der Waals surface area contributed by atoms with Gasteiger partial charge < -0.3 is 10.2 Å². The predicted octanol–water partition coefficient (Wildman–Crippen LogP) is 2.31. The van der Waals surface area contributed by atoms with Gasteiger partial charge in [-0.25, -0.2) is 0 Å². The lowest BCUT2D eigenvalue weighted by Gasteiger charge is -2.26. The maximum absolute atomic E-state index is 12.5. The van der Waals surface area contributed by atoms with Crippen LogP contribution >= 0.6 is 0 Å². The molecule has 0 aliphatic carbocycles. The van der Waals surface area contributed by atoms with E-state index < -0.39 is 0 Å². The molecule has 2 amide bonds. The Bertz CT molecular complexity index is 777. The molecule has 3 rings (SSSR count). The molecule has 1 aliphatic rings. The smallest absolute Gasteiger partial charge is 0.254 e. The minimum Gasteiger partial charge on any atom is -0.347 e. The summed E-state index contributed by atoms with van der Waals surface area (Å²) in [5.41, 5.74) is 1.69. The lowest BCUT2D eigenvalue weighted by atomic mass is 9.96. The Morgan fingerprint density at radius 2 is 2.00 bits per heavy atom.